The minimum absolute atomic E-state index is 0.209. The first kappa shape index (κ1) is 26.4. The number of halogens is 1. The quantitative estimate of drug-likeness (QED) is 0.169. The number of nitrogens with one attached hydrogen (secondary N) is 1. The second kappa shape index (κ2) is 12.1. The van der Waals surface area contributed by atoms with Crippen molar-refractivity contribution in [3.63, 3.8) is 0 Å². The molecule has 0 bridgehead atoms. The van der Waals surface area contributed by atoms with Gasteiger partial charge in [0.2, 0.25) is 0 Å². The minimum Gasteiger partial charge on any atom is -0.497 e. The van der Waals surface area contributed by atoms with Crippen LogP contribution in [0.15, 0.2) is 105 Å². The fourth-order valence-electron chi connectivity index (χ4n) is 3.77. The summed E-state index contributed by atoms with van der Waals surface area (Å²) >= 11 is 3.57. The van der Waals surface area contributed by atoms with Gasteiger partial charge in [0.15, 0.2) is 0 Å². The highest BCUT2D eigenvalue weighted by atomic mass is 79.9. The highest BCUT2D eigenvalue weighted by Crippen LogP contribution is 2.26. The van der Waals surface area contributed by atoms with Gasteiger partial charge >= 0.3 is 0 Å². The van der Waals surface area contributed by atoms with E-state index in [2.05, 4.69) is 25.9 Å². The van der Waals surface area contributed by atoms with Crippen LogP contribution in [0.3, 0.4) is 0 Å². The topological polar surface area (TPSA) is 77.0 Å². The van der Waals surface area contributed by atoms with Gasteiger partial charge in [0.25, 0.3) is 10.0 Å². The second-order valence-corrected chi connectivity index (χ2v) is 10.9. The molecule has 0 aliphatic carbocycles. The van der Waals surface area contributed by atoms with E-state index in [1.54, 1.807) is 43.5 Å². The molecule has 1 N–H and O–H groups in total. The molecule has 0 saturated heterocycles. The molecule has 4 rings (SSSR count). The molecule has 0 atom stereocenters. The van der Waals surface area contributed by atoms with Crippen molar-refractivity contribution in [2.75, 3.05) is 7.11 Å². The van der Waals surface area contributed by atoms with Gasteiger partial charge in [-0.3, -0.25) is 0 Å². The molecule has 0 fully saturated rings. The Balaban J connectivity index is 1.44. The average molecular weight is 580 g/mol. The predicted molar refractivity (Wildman–Crippen MR) is 150 cm³/mol. The summed E-state index contributed by atoms with van der Waals surface area (Å²) in [6, 6.07) is 27.8. The molecule has 0 unspecified atom stereocenters. The van der Waals surface area contributed by atoms with Crippen LogP contribution in [0, 0.1) is 6.92 Å². The van der Waals surface area contributed by atoms with Gasteiger partial charge in [0.05, 0.1) is 18.2 Å². The van der Waals surface area contributed by atoms with Crippen molar-refractivity contribution in [1.82, 2.24) is 4.83 Å². The first-order chi connectivity index (χ1) is 17.8. The molecule has 0 amide bonds. The molecule has 0 saturated carbocycles. The molecular weight excluding hydrogens is 552 g/mol. The Morgan fingerprint density at radius 3 is 2.24 bits per heavy atom. The van der Waals surface area contributed by atoms with Crippen LogP contribution >= 0.6 is 15.9 Å². The largest absolute Gasteiger partial charge is 0.497 e. The van der Waals surface area contributed by atoms with Crippen molar-refractivity contribution >= 4 is 32.2 Å². The zero-order valence-corrected chi connectivity index (χ0v) is 22.9. The number of hydrazone groups is 1. The summed E-state index contributed by atoms with van der Waals surface area (Å²) in [4.78, 5) is 2.56. The third-order valence-corrected chi connectivity index (χ3v) is 7.76. The predicted octanol–water partition coefficient (Wildman–Crippen LogP) is 6.66. The monoisotopic (exact) mass is 578 g/mol. The molecule has 6 nitrogen and oxygen atoms in total. The molecule has 0 spiro atoms. The number of rotatable bonds is 10. The first-order valence-corrected chi connectivity index (χ1v) is 13.9. The van der Waals surface area contributed by atoms with E-state index in [-0.39, 0.29) is 4.90 Å². The zero-order valence-electron chi connectivity index (χ0n) is 20.5. The van der Waals surface area contributed by atoms with Crippen LogP contribution < -0.4 is 14.3 Å². The van der Waals surface area contributed by atoms with E-state index in [1.165, 1.54) is 6.21 Å². The van der Waals surface area contributed by atoms with Crippen LogP contribution in [0.1, 0.15) is 22.3 Å². The van der Waals surface area contributed by atoms with Crippen LogP contribution in [0.2, 0.25) is 0 Å². The first-order valence-electron chi connectivity index (χ1n) is 11.6. The maximum Gasteiger partial charge on any atom is 0.276 e. The molecule has 190 valence electrons. The van der Waals surface area contributed by atoms with Crippen molar-refractivity contribution in [3.05, 3.63) is 118 Å². The van der Waals surface area contributed by atoms with Gasteiger partial charge in [-0.05, 0) is 97.1 Å². The van der Waals surface area contributed by atoms with E-state index >= 15 is 0 Å². The Kier molecular flexibility index (Phi) is 8.63. The van der Waals surface area contributed by atoms with Crippen molar-refractivity contribution in [3.8, 4) is 17.2 Å². The summed E-state index contributed by atoms with van der Waals surface area (Å²) in [5.41, 5.74) is 3.48. The molecule has 37 heavy (non-hydrogen) atoms. The number of ether oxygens (including phenoxy) is 2. The van der Waals surface area contributed by atoms with E-state index < -0.39 is 10.0 Å². The molecule has 0 heterocycles. The minimum atomic E-state index is -3.86. The number of benzene rings is 4. The second-order valence-electron chi connectivity index (χ2n) is 8.41. The standard InChI is InChI=1S/C29H27BrN2O4S/c1-21-8-17-29(24(18-21)12-11-23-19-27(35-2)15-16-28(23)30)37(33,34)32-31-20-22-9-13-26(14-10-22)36-25-6-4-3-5-7-25/h3-10,13-20,32H,11-12H2,1-2H3. The van der Waals surface area contributed by atoms with Crippen LogP contribution in [-0.2, 0) is 22.9 Å². The Hall–Kier alpha value is -3.62. The Morgan fingerprint density at radius 1 is 0.838 bits per heavy atom. The summed E-state index contributed by atoms with van der Waals surface area (Å²) in [7, 11) is -2.24. The lowest BCUT2D eigenvalue weighted by Crippen LogP contribution is -2.20. The summed E-state index contributed by atoms with van der Waals surface area (Å²) in [6.07, 6.45) is 2.64. The zero-order chi connectivity index (χ0) is 26.3. The molecule has 0 radical (unpaired) electrons. The van der Waals surface area contributed by atoms with Gasteiger partial charge in [-0.1, -0.05) is 51.8 Å². The Labute approximate surface area is 226 Å². The summed E-state index contributed by atoms with van der Waals surface area (Å²) in [6.45, 7) is 1.94. The van der Waals surface area contributed by atoms with Crippen molar-refractivity contribution in [2.24, 2.45) is 5.10 Å². The lowest BCUT2D eigenvalue weighted by atomic mass is 10.0. The fourth-order valence-corrected chi connectivity index (χ4v) is 5.26. The van der Waals surface area contributed by atoms with Crippen molar-refractivity contribution < 1.29 is 17.9 Å². The van der Waals surface area contributed by atoms with Crippen LogP contribution in [0.25, 0.3) is 0 Å². The smallest absolute Gasteiger partial charge is 0.276 e. The SMILES string of the molecule is COc1ccc(Br)c(CCc2cc(C)ccc2S(=O)(=O)NN=Cc2ccc(Oc3ccccc3)cc2)c1. The fraction of sp³-hybridized carbons (Fsp3) is 0.138. The number of aryl methyl sites for hydroxylation is 3. The van der Waals surface area contributed by atoms with Crippen molar-refractivity contribution in [1.29, 1.82) is 0 Å². The maximum absolute atomic E-state index is 13.1. The van der Waals surface area contributed by atoms with E-state index in [1.807, 2.05) is 61.5 Å². The highest BCUT2D eigenvalue weighted by Gasteiger charge is 2.18. The van der Waals surface area contributed by atoms with Gasteiger partial charge in [0, 0.05) is 4.47 Å². The number of hydrogen-bond acceptors (Lipinski definition) is 5. The number of sulfonamides is 1. The summed E-state index contributed by atoms with van der Waals surface area (Å²) in [5.74, 6) is 2.17. The third-order valence-electron chi connectivity index (χ3n) is 5.67. The normalized spacial score (nSPS) is 11.4. The number of para-hydroxylation sites is 1. The van der Waals surface area contributed by atoms with E-state index in [9.17, 15) is 8.42 Å². The van der Waals surface area contributed by atoms with Gasteiger partial charge in [0.1, 0.15) is 17.2 Å². The maximum atomic E-state index is 13.1. The molecule has 0 aliphatic rings. The third kappa shape index (κ3) is 7.21. The van der Waals surface area contributed by atoms with E-state index in [0.717, 1.165) is 38.2 Å². The van der Waals surface area contributed by atoms with Crippen LogP contribution in [0.5, 0.6) is 17.2 Å². The lowest BCUT2D eigenvalue weighted by molar-refractivity contribution is 0.414. The number of hydrogen-bond donors (Lipinski definition) is 1. The highest BCUT2D eigenvalue weighted by molar-refractivity contribution is 9.10. The van der Waals surface area contributed by atoms with E-state index in [4.69, 9.17) is 9.47 Å². The van der Waals surface area contributed by atoms with Gasteiger partial charge in [-0.25, -0.2) is 4.83 Å². The van der Waals surface area contributed by atoms with Gasteiger partial charge in [-0.2, -0.15) is 13.5 Å². The summed E-state index contributed by atoms with van der Waals surface area (Å²) in [5, 5.41) is 3.99. The average Bonchev–Trinajstić information content (AvgIpc) is 2.89. The van der Waals surface area contributed by atoms with Crippen molar-refractivity contribution in [2.45, 2.75) is 24.7 Å². The molecule has 0 aromatic heterocycles. The molecule has 4 aromatic rings. The number of methoxy groups -OCH3 is 1. The molecule has 0 aliphatic heterocycles. The Bertz CT molecular complexity index is 1490. The molecular formula is C29H27BrN2O4S. The Morgan fingerprint density at radius 2 is 1.51 bits per heavy atom. The van der Waals surface area contributed by atoms with Crippen LogP contribution in [-0.4, -0.2) is 21.7 Å². The van der Waals surface area contributed by atoms with E-state index in [0.29, 0.717) is 18.6 Å². The summed E-state index contributed by atoms with van der Waals surface area (Å²) < 4.78 is 38.3. The van der Waals surface area contributed by atoms with Crippen LogP contribution in [0.4, 0.5) is 0 Å². The lowest BCUT2D eigenvalue weighted by Gasteiger charge is -2.12. The van der Waals surface area contributed by atoms with Gasteiger partial charge in [-0.15, -0.1) is 0 Å². The number of nitrogens with zero attached hydrogens (tertiary/aromatic N) is 1. The molecule has 4 aromatic carbocycles. The molecule has 8 heteroatoms. The van der Waals surface area contributed by atoms with Gasteiger partial charge < -0.3 is 9.47 Å².